The second kappa shape index (κ2) is 8.04. The lowest BCUT2D eigenvalue weighted by Crippen LogP contribution is -2.55. The second-order valence-electron chi connectivity index (χ2n) is 6.84. The van der Waals surface area contributed by atoms with Gasteiger partial charge in [0.2, 0.25) is 0 Å². The maximum Gasteiger partial charge on any atom is 0.323 e. The van der Waals surface area contributed by atoms with Crippen molar-refractivity contribution in [3.63, 3.8) is 0 Å². The molecule has 3 rings (SSSR count). The van der Waals surface area contributed by atoms with Crippen molar-refractivity contribution in [1.82, 2.24) is 14.8 Å². The SMILES string of the molecule is CC(C)[C@H]1C(=O)N(CC(=O)O)C(c2ccccc2)=CN1C(=O)c1ccncc1. The fourth-order valence-electron chi connectivity index (χ4n) is 3.25. The van der Waals surface area contributed by atoms with E-state index in [1.54, 1.807) is 42.6 Å². The number of benzene rings is 1. The summed E-state index contributed by atoms with van der Waals surface area (Å²) in [6.07, 6.45) is 4.61. The molecule has 1 aromatic heterocycles. The van der Waals surface area contributed by atoms with E-state index in [2.05, 4.69) is 4.98 Å². The zero-order valence-electron chi connectivity index (χ0n) is 15.6. The van der Waals surface area contributed by atoms with Gasteiger partial charge in [-0.1, -0.05) is 44.2 Å². The fraction of sp³-hybridized carbons (Fsp3) is 0.238. The summed E-state index contributed by atoms with van der Waals surface area (Å²) < 4.78 is 0. The first-order valence-corrected chi connectivity index (χ1v) is 8.93. The highest BCUT2D eigenvalue weighted by Crippen LogP contribution is 2.30. The van der Waals surface area contributed by atoms with Crippen LogP contribution in [-0.4, -0.2) is 50.3 Å². The van der Waals surface area contributed by atoms with Crippen LogP contribution in [0.4, 0.5) is 0 Å². The van der Waals surface area contributed by atoms with Gasteiger partial charge in [-0.15, -0.1) is 0 Å². The number of rotatable bonds is 5. The Morgan fingerprint density at radius 2 is 1.75 bits per heavy atom. The molecule has 0 radical (unpaired) electrons. The van der Waals surface area contributed by atoms with Gasteiger partial charge in [-0.05, 0) is 23.6 Å². The van der Waals surface area contributed by atoms with Crippen molar-refractivity contribution in [2.75, 3.05) is 6.54 Å². The lowest BCUT2D eigenvalue weighted by Gasteiger charge is -2.40. The molecule has 0 saturated carbocycles. The van der Waals surface area contributed by atoms with Gasteiger partial charge in [-0.25, -0.2) is 0 Å². The number of carbonyl (C=O) groups excluding carboxylic acids is 2. The van der Waals surface area contributed by atoms with Crippen LogP contribution in [0.25, 0.3) is 5.70 Å². The molecule has 7 heteroatoms. The lowest BCUT2D eigenvalue weighted by atomic mass is 9.96. The van der Waals surface area contributed by atoms with Gasteiger partial charge in [0, 0.05) is 24.2 Å². The third-order valence-corrected chi connectivity index (χ3v) is 4.53. The number of nitrogens with zero attached hydrogens (tertiary/aromatic N) is 3. The van der Waals surface area contributed by atoms with Crippen LogP contribution in [0, 0.1) is 5.92 Å². The summed E-state index contributed by atoms with van der Waals surface area (Å²) in [7, 11) is 0. The maximum atomic E-state index is 13.2. The van der Waals surface area contributed by atoms with Crippen LogP contribution in [-0.2, 0) is 9.59 Å². The van der Waals surface area contributed by atoms with Crippen LogP contribution < -0.4 is 0 Å². The van der Waals surface area contributed by atoms with Gasteiger partial charge in [-0.3, -0.25) is 24.3 Å². The standard InChI is InChI=1S/C21H21N3O4/c1-14(2)19-21(28)23(13-18(25)26)17(15-6-4-3-5-7-15)12-24(19)20(27)16-8-10-22-11-9-16/h3-12,14,19H,13H2,1-2H3,(H,25,26)/t19-/m0/s1. The molecule has 144 valence electrons. The van der Waals surface area contributed by atoms with E-state index in [1.165, 1.54) is 22.2 Å². The van der Waals surface area contributed by atoms with Crippen LogP contribution in [0.5, 0.6) is 0 Å². The monoisotopic (exact) mass is 379 g/mol. The zero-order chi connectivity index (χ0) is 20.3. The quantitative estimate of drug-likeness (QED) is 0.862. The molecule has 2 amide bonds. The molecule has 28 heavy (non-hydrogen) atoms. The van der Waals surface area contributed by atoms with Crippen molar-refractivity contribution in [3.05, 3.63) is 72.2 Å². The molecule has 0 bridgehead atoms. The van der Waals surface area contributed by atoms with E-state index in [4.69, 9.17) is 0 Å². The molecular formula is C21H21N3O4. The smallest absolute Gasteiger partial charge is 0.323 e. The first-order chi connectivity index (χ1) is 13.4. The van der Waals surface area contributed by atoms with Gasteiger partial charge in [0.05, 0.1) is 5.70 Å². The third kappa shape index (κ3) is 3.78. The van der Waals surface area contributed by atoms with Gasteiger partial charge in [0.25, 0.3) is 11.8 Å². The summed E-state index contributed by atoms with van der Waals surface area (Å²) >= 11 is 0. The number of hydrogen-bond acceptors (Lipinski definition) is 4. The number of carbonyl (C=O) groups is 3. The van der Waals surface area contributed by atoms with Crippen molar-refractivity contribution < 1.29 is 19.5 Å². The average Bonchev–Trinajstić information content (AvgIpc) is 2.69. The predicted octanol–water partition coefficient (Wildman–Crippen LogP) is 2.47. The van der Waals surface area contributed by atoms with Crippen LogP contribution >= 0.6 is 0 Å². The molecule has 1 aliphatic heterocycles. The van der Waals surface area contributed by atoms with E-state index >= 15 is 0 Å². The molecule has 0 saturated heterocycles. The first kappa shape index (κ1) is 19.3. The van der Waals surface area contributed by atoms with E-state index in [1.807, 2.05) is 19.9 Å². The minimum Gasteiger partial charge on any atom is -0.480 e. The Hall–Kier alpha value is -3.48. The number of pyridine rings is 1. The normalized spacial score (nSPS) is 16.9. The lowest BCUT2D eigenvalue weighted by molar-refractivity contribution is -0.144. The van der Waals surface area contributed by atoms with Crippen LogP contribution in [0.2, 0.25) is 0 Å². The van der Waals surface area contributed by atoms with Gasteiger partial charge >= 0.3 is 5.97 Å². The highest BCUT2D eigenvalue weighted by atomic mass is 16.4. The summed E-state index contributed by atoms with van der Waals surface area (Å²) in [4.78, 5) is 44.3. The van der Waals surface area contributed by atoms with Crippen molar-refractivity contribution in [3.8, 4) is 0 Å². The molecule has 1 aromatic carbocycles. The Morgan fingerprint density at radius 3 is 2.32 bits per heavy atom. The van der Waals surface area contributed by atoms with Crippen LogP contribution in [0.3, 0.4) is 0 Å². The summed E-state index contributed by atoms with van der Waals surface area (Å²) in [6.45, 7) is 3.19. The van der Waals surface area contributed by atoms with Gasteiger partial charge < -0.3 is 10.0 Å². The summed E-state index contributed by atoms with van der Waals surface area (Å²) in [5.74, 6) is -2.08. The van der Waals surface area contributed by atoms with Crippen molar-refractivity contribution in [1.29, 1.82) is 0 Å². The van der Waals surface area contributed by atoms with Crippen LogP contribution in [0.1, 0.15) is 29.8 Å². The Balaban J connectivity index is 2.14. The minimum absolute atomic E-state index is 0.205. The first-order valence-electron chi connectivity index (χ1n) is 8.93. The number of amides is 2. The molecule has 7 nitrogen and oxygen atoms in total. The Bertz CT molecular complexity index is 910. The molecule has 1 N–H and O–H groups in total. The molecule has 1 aliphatic rings. The van der Waals surface area contributed by atoms with Gasteiger partial charge in [0.1, 0.15) is 12.6 Å². The topological polar surface area (TPSA) is 90.8 Å². The highest BCUT2D eigenvalue weighted by Gasteiger charge is 2.41. The van der Waals surface area contributed by atoms with Gasteiger partial charge in [-0.2, -0.15) is 0 Å². The number of carboxylic acids is 1. The van der Waals surface area contributed by atoms with Crippen molar-refractivity contribution in [2.24, 2.45) is 5.92 Å². The molecule has 0 unspecified atom stereocenters. The van der Waals surface area contributed by atoms with E-state index in [0.717, 1.165) is 0 Å². The van der Waals surface area contributed by atoms with E-state index in [-0.39, 0.29) is 11.8 Å². The summed E-state index contributed by atoms with van der Waals surface area (Å²) in [6, 6.07) is 11.3. The zero-order valence-corrected chi connectivity index (χ0v) is 15.6. The predicted molar refractivity (Wildman–Crippen MR) is 103 cm³/mol. The number of aliphatic carboxylic acids is 1. The van der Waals surface area contributed by atoms with E-state index < -0.39 is 24.5 Å². The largest absolute Gasteiger partial charge is 0.480 e. The molecule has 2 heterocycles. The second-order valence-corrected chi connectivity index (χ2v) is 6.84. The maximum absolute atomic E-state index is 13.2. The van der Waals surface area contributed by atoms with Crippen molar-refractivity contribution >= 4 is 23.5 Å². The molecule has 0 fully saturated rings. The minimum atomic E-state index is -1.12. The van der Waals surface area contributed by atoms with E-state index in [0.29, 0.717) is 16.8 Å². The number of hydrogen-bond donors (Lipinski definition) is 1. The Labute approximate surface area is 162 Å². The number of aromatic nitrogens is 1. The van der Waals surface area contributed by atoms with Crippen molar-refractivity contribution in [2.45, 2.75) is 19.9 Å². The van der Waals surface area contributed by atoms with E-state index in [9.17, 15) is 19.5 Å². The fourth-order valence-corrected chi connectivity index (χ4v) is 3.25. The summed E-state index contributed by atoms with van der Waals surface area (Å²) in [5, 5.41) is 9.32. The third-order valence-electron chi connectivity index (χ3n) is 4.53. The number of carboxylic acid groups (broad SMARTS) is 1. The van der Waals surface area contributed by atoms with Gasteiger partial charge in [0.15, 0.2) is 0 Å². The average molecular weight is 379 g/mol. The summed E-state index contributed by atoms with van der Waals surface area (Å²) in [5.41, 5.74) is 1.45. The van der Waals surface area contributed by atoms with Crippen LogP contribution in [0.15, 0.2) is 61.1 Å². The molecule has 0 aliphatic carbocycles. The molecule has 2 aromatic rings. The molecular weight excluding hydrogens is 358 g/mol. The molecule has 0 spiro atoms. The Morgan fingerprint density at radius 1 is 1.11 bits per heavy atom. The Kier molecular flexibility index (Phi) is 5.54. The molecule has 1 atom stereocenters. The highest BCUT2D eigenvalue weighted by molar-refractivity contribution is 6.03.